The second-order valence-corrected chi connectivity index (χ2v) is 4.78. The molecule has 19 heavy (non-hydrogen) atoms. The number of carbonyl (C=O) groups excluding carboxylic acids is 1. The third-order valence-corrected chi connectivity index (χ3v) is 3.53. The third-order valence-electron chi connectivity index (χ3n) is 3.53. The highest BCUT2D eigenvalue weighted by Crippen LogP contribution is 2.21. The molecule has 1 N–H and O–H groups in total. The summed E-state index contributed by atoms with van der Waals surface area (Å²) >= 11 is 0. The lowest BCUT2D eigenvalue weighted by atomic mass is 10.1. The minimum absolute atomic E-state index is 0.161. The van der Waals surface area contributed by atoms with Crippen LogP contribution in [0.4, 0.5) is 5.69 Å². The molecule has 1 aliphatic heterocycles. The predicted molar refractivity (Wildman–Crippen MR) is 73.4 cm³/mol. The number of nitrogens with zero attached hydrogens (tertiary/aromatic N) is 2. The topological polar surface area (TPSA) is 53.0 Å². The summed E-state index contributed by atoms with van der Waals surface area (Å²) in [6, 6.07) is 5.51. The van der Waals surface area contributed by atoms with Gasteiger partial charge in [-0.05, 0) is 30.8 Å². The Balaban J connectivity index is 2.21. The molecule has 1 aromatic rings. The lowest BCUT2D eigenvalue weighted by Crippen LogP contribution is -2.44. The van der Waals surface area contributed by atoms with E-state index in [-0.39, 0.29) is 6.61 Å². The molecular weight excluding hydrogens is 244 g/mol. The van der Waals surface area contributed by atoms with E-state index in [0.717, 1.165) is 31.9 Å². The van der Waals surface area contributed by atoms with Crippen molar-refractivity contribution in [3.63, 3.8) is 0 Å². The molecule has 0 aliphatic carbocycles. The lowest BCUT2D eigenvalue weighted by Gasteiger charge is -2.34. The number of rotatable bonds is 3. The maximum Gasteiger partial charge on any atom is 0.338 e. The Labute approximate surface area is 113 Å². The first-order valence-corrected chi connectivity index (χ1v) is 6.41. The molecule has 0 saturated carbocycles. The number of benzene rings is 1. The number of piperazine rings is 1. The van der Waals surface area contributed by atoms with Gasteiger partial charge in [0, 0.05) is 31.9 Å². The number of methoxy groups -OCH3 is 1. The quantitative estimate of drug-likeness (QED) is 0.815. The van der Waals surface area contributed by atoms with Gasteiger partial charge in [0.05, 0.1) is 19.3 Å². The third kappa shape index (κ3) is 3.05. The molecule has 1 heterocycles. The molecule has 0 radical (unpaired) electrons. The number of aliphatic hydroxyl groups is 1. The fourth-order valence-electron chi connectivity index (χ4n) is 2.28. The molecule has 0 amide bonds. The highest BCUT2D eigenvalue weighted by atomic mass is 16.5. The molecule has 1 aromatic carbocycles. The van der Waals surface area contributed by atoms with E-state index < -0.39 is 5.97 Å². The van der Waals surface area contributed by atoms with Gasteiger partial charge in [-0.15, -0.1) is 0 Å². The maximum atomic E-state index is 11.6. The van der Waals surface area contributed by atoms with E-state index in [1.165, 1.54) is 7.11 Å². The summed E-state index contributed by atoms with van der Waals surface area (Å²) in [5, 5.41) is 9.39. The summed E-state index contributed by atoms with van der Waals surface area (Å²) in [7, 11) is 3.45. The van der Waals surface area contributed by atoms with Crippen LogP contribution < -0.4 is 4.90 Å². The van der Waals surface area contributed by atoms with Crippen LogP contribution in [0.25, 0.3) is 0 Å². The van der Waals surface area contributed by atoms with Crippen LogP contribution in [0.1, 0.15) is 15.9 Å². The van der Waals surface area contributed by atoms with Gasteiger partial charge < -0.3 is 19.6 Å². The van der Waals surface area contributed by atoms with Crippen molar-refractivity contribution in [1.29, 1.82) is 0 Å². The zero-order chi connectivity index (χ0) is 13.8. The van der Waals surface area contributed by atoms with Crippen LogP contribution >= 0.6 is 0 Å². The normalized spacial score (nSPS) is 16.5. The van der Waals surface area contributed by atoms with E-state index >= 15 is 0 Å². The minimum atomic E-state index is -0.408. The summed E-state index contributed by atoms with van der Waals surface area (Å²) in [6.07, 6.45) is 0. The average Bonchev–Trinajstić information content (AvgIpc) is 2.46. The van der Waals surface area contributed by atoms with E-state index in [1.54, 1.807) is 6.07 Å². The van der Waals surface area contributed by atoms with Crippen molar-refractivity contribution in [3.8, 4) is 0 Å². The van der Waals surface area contributed by atoms with Crippen LogP contribution in [0.5, 0.6) is 0 Å². The summed E-state index contributed by atoms with van der Waals surface area (Å²) in [6.45, 7) is 3.80. The van der Waals surface area contributed by atoms with Gasteiger partial charge in [-0.2, -0.15) is 0 Å². The van der Waals surface area contributed by atoms with E-state index in [9.17, 15) is 9.90 Å². The molecule has 0 atom stereocenters. The Morgan fingerprint density at radius 1 is 1.32 bits per heavy atom. The molecule has 0 bridgehead atoms. The fourth-order valence-corrected chi connectivity index (χ4v) is 2.28. The van der Waals surface area contributed by atoms with Crippen molar-refractivity contribution in [1.82, 2.24) is 4.90 Å². The number of hydrogen-bond donors (Lipinski definition) is 1. The first kappa shape index (κ1) is 13.8. The van der Waals surface area contributed by atoms with Gasteiger partial charge in [0.25, 0.3) is 0 Å². The fraction of sp³-hybridized carbons (Fsp3) is 0.500. The van der Waals surface area contributed by atoms with Gasteiger partial charge in [0.1, 0.15) is 0 Å². The second-order valence-electron chi connectivity index (χ2n) is 4.78. The van der Waals surface area contributed by atoms with Gasteiger partial charge in [0.15, 0.2) is 0 Å². The predicted octanol–water partition coefficient (Wildman–Crippen LogP) is 0.717. The first-order chi connectivity index (χ1) is 9.15. The highest BCUT2D eigenvalue weighted by Gasteiger charge is 2.17. The van der Waals surface area contributed by atoms with Crippen molar-refractivity contribution >= 4 is 11.7 Å². The van der Waals surface area contributed by atoms with E-state index in [0.29, 0.717) is 11.1 Å². The van der Waals surface area contributed by atoms with Crippen LogP contribution in [0.2, 0.25) is 0 Å². The Morgan fingerprint density at radius 3 is 2.58 bits per heavy atom. The number of likely N-dealkylation sites (N-methyl/N-ethyl adjacent to an activating group) is 1. The molecule has 5 heteroatoms. The number of ether oxygens (including phenoxy) is 1. The summed E-state index contributed by atoms with van der Waals surface area (Å²) in [5.74, 6) is -0.408. The molecule has 2 rings (SSSR count). The Hall–Kier alpha value is -1.59. The molecular formula is C14H20N2O3. The summed E-state index contributed by atoms with van der Waals surface area (Å²) in [4.78, 5) is 16.1. The van der Waals surface area contributed by atoms with Crippen LogP contribution in [0, 0.1) is 0 Å². The van der Waals surface area contributed by atoms with Gasteiger partial charge in [-0.25, -0.2) is 4.79 Å². The summed E-state index contributed by atoms with van der Waals surface area (Å²) in [5.41, 5.74) is 2.09. The number of anilines is 1. The Kier molecular flexibility index (Phi) is 4.39. The minimum Gasteiger partial charge on any atom is -0.465 e. The van der Waals surface area contributed by atoms with E-state index in [2.05, 4.69) is 16.8 Å². The number of carbonyl (C=O) groups is 1. The molecule has 1 aliphatic rings. The van der Waals surface area contributed by atoms with Gasteiger partial charge in [-0.1, -0.05) is 0 Å². The van der Waals surface area contributed by atoms with Crippen LogP contribution in [-0.4, -0.2) is 56.3 Å². The average molecular weight is 264 g/mol. The number of hydrogen-bond acceptors (Lipinski definition) is 5. The smallest absolute Gasteiger partial charge is 0.338 e. The van der Waals surface area contributed by atoms with E-state index in [1.807, 2.05) is 12.1 Å². The van der Waals surface area contributed by atoms with E-state index in [4.69, 9.17) is 4.74 Å². The molecule has 104 valence electrons. The van der Waals surface area contributed by atoms with Gasteiger partial charge in [0.2, 0.25) is 0 Å². The largest absolute Gasteiger partial charge is 0.465 e. The van der Waals surface area contributed by atoms with Crippen molar-refractivity contribution in [2.45, 2.75) is 6.61 Å². The first-order valence-electron chi connectivity index (χ1n) is 6.41. The zero-order valence-electron chi connectivity index (χ0n) is 11.4. The van der Waals surface area contributed by atoms with Crippen LogP contribution in [0.3, 0.4) is 0 Å². The van der Waals surface area contributed by atoms with Crippen molar-refractivity contribution in [3.05, 3.63) is 29.3 Å². The SMILES string of the molecule is COC(=O)c1ccc(N2CCN(C)CC2)cc1CO. The second kappa shape index (κ2) is 6.04. The van der Waals surface area contributed by atoms with Gasteiger partial charge >= 0.3 is 5.97 Å². The molecule has 1 saturated heterocycles. The zero-order valence-corrected chi connectivity index (χ0v) is 11.4. The van der Waals surface area contributed by atoms with Crippen molar-refractivity contribution in [2.75, 3.05) is 45.2 Å². The lowest BCUT2D eigenvalue weighted by molar-refractivity contribution is 0.0597. The molecule has 5 nitrogen and oxygen atoms in total. The van der Waals surface area contributed by atoms with Crippen LogP contribution in [-0.2, 0) is 11.3 Å². The van der Waals surface area contributed by atoms with Crippen molar-refractivity contribution in [2.24, 2.45) is 0 Å². The van der Waals surface area contributed by atoms with Gasteiger partial charge in [-0.3, -0.25) is 0 Å². The molecule has 0 unspecified atom stereocenters. The molecule has 0 spiro atoms. The standard InChI is InChI=1S/C14H20N2O3/c1-15-5-7-16(8-6-15)12-3-4-13(14(18)19-2)11(9-12)10-17/h3-4,9,17H,5-8,10H2,1-2H3. The Morgan fingerprint density at radius 2 is 2.00 bits per heavy atom. The number of aliphatic hydroxyl groups excluding tert-OH is 1. The van der Waals surface area contributed by atoms with Crippen LogP contribution in [0.15, 0.2) is 18.2 Å². The van der Waals surface area contributed by atoms with Crippen molar-refractivity contribution < 1.29 is 14.6 Å². The molecule has 0 aromatic heterocycles. The number of esters is 1. The monoisotopic (exact) mass is 264 g/mol. The highest BCUT2D eigenvalue weighted by molar-refractivity contribution is 5.91. The summed E-state index contributed by atoms with van der Waals surface area (Å²) < 4.78 is 4.71. The molecule has 1 fully saturated rings. The Bertz CT molecular complexity index is 454. The maximum absolute atomic E-state index is 11.6.